The van der Waals surface area contributed by atoms with Crippen LogP contribution in [0, 0.1) is 13.8 Å². The van der Waals surface area contributed by atoms with E-state index in [1.165, 1.54) is 0 Å². The van der Waals surface area contributed by atoms with Crippen LogP contribution in [0.2, 0.25) is 0 Å². The van der Waals surface area contributed by atoms with Gasteiger partial charge >= 0.3 is 5.97 Å². The predicted octanol–water partition coefficient (Wildman–Crippen LogP) is 1.45. The van der Waals surface area contributed by atoms with Gasteiger partial charge in [-0.2, -0.15) is 0 Å². The van der Waals surface area contributed by atoms with E-state index in [1.54, 1.807) is 7.11 Å². The first-order valence-electron chi connectivity index (χ1n) is 6.06. The Morgan fingerprint density at radius 2 is 1.84 bits per heavy atom. The van der Waals surface area contributed by atoms with E-state index >= 15 is 0 Å². The zero-order valence-electron chi connectivity index (χ0n) is 11.4. The molecule has 0 aliphatic rings. The fourth-order valence-electron chi connectivity index (χ4n) is 2.05. The third-order valence-corrected chi connectivity index (χ3v) is 2.77. The Bertz CT molecular complexity index is 459. The van der Waals surface area contributed by atoms with E-state index in [4.69, 9.17) is 9.84 Å². The van der Waals surface area contributed by atoms with Gasteiger partial charge in [-0.05, 0) is 37.0 Å². The molecule has 0 heterocycles. The maximum atomic E-state index is 11.2. The van der Waals surface area contributed by atoms with E-state index in [-0.39, 0.29) is 0 Å². The van der Waals surface area contributed by atoms with Crippen molar-refractivity contribution in [2.75, 3.05) is 13.7 Å². The van der Waals surface area contributed by atoms with Gasteiger partial charge < -0.3 is 15.2 Å². The van der Waals surface area contributed by atoms with Crippen molar-refractivity contribution < 1.29 is 19.4 Å². The number of rotatable bonds is 6. The molecule has 0 fully saturated rings. The van der Waals surface area contributed by atoms with Crippen molar-refractivity contribution >= 4 is 11.9 Å². The number of benzene rings is 1. The highest BCUT2D eigenvalue weighted by atomic mass is 16.5. The van der Waals surface area contributed by atoms with Gasteiger partial charge in [-0.3, -0.25) is 9.59 Å². The van der Waals surface area contributed by atoms with Crippen LogP contribution >= 0.6 is 0 Å². The summed E-state index contributed by atoms with van der Waals surface area (Å²) in [4.78, 5) is 21.5. The fourth-order valence-corrected chi connectivity index (χ4v) is 2.05. The molecule has 0 radical (unpaired) electrons. The van der Waals surface area contributed by atoms with Crippen molar-refractivity contribution in [2.45, 2.75) is 26.7 Å². The number of methoxy groups -OCH3 is 1. The van der Waals surface area contributed by atoms with Crippen molar-refractivity contribution in [3.63, 3.8) is 0 Å². The lowest BCUT2D eigenvalue weighted by atomic mass is 10.0. The van der Waals surface area contributed by atoms with Crippen molar-refractivity contribution in [2.24, 2.45) is 0 Å². The van der Waals surface area contributed by atoms with Crippen molar-refractivity contribution in [3.8, 4) is 5.75 Å². The normalized spacial score (nSPS) is 10.1. The van der Waals surface area contributed by atoms with Gasteiger partial charge in [0.05, 0.1) is 7.11 Å². The lowest BCUT2D eigenvalue weighted by molar-refractivity contribution is -0.140. The molecule has 0 bridgehead atoms. The van der Waals surface area contributed by atoms with Crippen LogP contribution in [-0.4, -0.2) is 30.6 Å². The number of amides is 1. The number of nitrogens with one attached hydrogen (secondary N) is 1. The number of carbonyl (C=O) groups excluding carboxylic acids is 1. The summed E-state index contributed by atoms with van der Waals surface area (Å²) in [5, 5.41) is 11.0. The monoisotopic (exact) mass is 265 g/mol. The number of carbonyl (C=O) groups is 2. The van der Waals surface area contributed by atoms with Crippen LogP contribution < -0.4 is 10.1 Å². The van der Waals surface area contributed by atoms with Gasteiger partial charge in [0.15, 0.2) is 0 Å². The first kappa shape index (κ1) is 15.0. The molecule has 1 aromatic rings. The maximum absolute atomic E-state index is 11.2. The molecule has 0 atom stereocenters. The van der Waals surface area contributed by atoms with Crippen LogP contribution in [0.3, 0.4) is 0 Å². The number of ether oxygens (including phenoxy) is 1. The van der Waals surface area contributed by atoms with Gasteiger partial charge in [0.25, 0.3) is 0 Å². The van der Waals surface area contributed by atoms with Crippen LogP contribution in [0.5, 0.6) is 5.75 Å². The second kappa shape index (κ2) is 6.78. The Balaban J connectivity index is 2.55. The molecule has 1 aromatic carbocycles. The van der Waals surface area contributed by atoms with Crippen LogP contribution in [0.1, 0.15) is 23.1 Å². The van der Waals surface area contributed by atoms with Crippen LogP contribution in [0.15, 0.2) is 12.1 Å². The summed E-state index contributed by atoms with van der Waals surface area (Å²) in [7, 11) is 1.64. The van der Waals surface area contributed by atoms with E-state index in [1.807, 2.05) is 26.0 Å². The van der Waals surface area contributed by atoms with E-state index < -0.39 is 18.3 Å². The Hall–Kier alpha value is -2.04. The molecule has 1 rings (SSSR count). The van der Waals surface area contributed by atoms with Crippen molar-refractivity contribution in [1.29, 1.82) is 0 Å². The average Bonchev–Trinajstić information content (AvgIpc) is 2.27. The second-order valence-electron chi connectivity index (χ2n) is 4.43. The summed E-state index contributed by atoms with van der Waals surface area (Å²) in [5.41, 5.74) is 3.19. The molecule has 0 unspecified atom stereocenters. The highest BCUT2D eigenvalue weighted by Gasteiger charge is 2.08. The van der Waals surface area contributed by atoms with Gasteiger partial charge in [-0.25, -0.2) is 0 Å². The molecule has 2 N–H and O–H groups in total. The molecular formula is C14H19NO4. The maximum Gasteiger partial charge on any atom is 0.312 e. The summed E-state index contributed by atoms with van der Waals surface area (Å²) >= 11 is 0. The Labute approximate surface area is 112 Å². The van der Waals surface area contributed by atoms with Crippen molar-refractivity contribution in [1.82, 2.24) is 5.32 Å². The molecular weight excluding hydrogens is 246 g/mol. The third-order valence-electron chi connectivity index (χ3n) is 2.77. The van der Waals surface area contributed by atoms with Crippen LogP contribution in [-0.2, 0) is 16.0 Å². The predicted molar refractivity (Wildman–Crippen MR) is 71.4 cm³/mol. The van der Waals surface area contributed by atoms with Gasteiger partial charge in [0, 0.05) is 6.54 Å². The smallest absolute Gasteiger partial charge is 0.312 e. The number of carboxylic acid groups (broad SMARTS) is 1. The lowest BCUT2D eigenvalue weighted by Gasteiger charge is -2.11. The Morgan fingerprint density at radius 1 is 1.26 bits per heavy atom. The van der Waals surface area contributed by atoms with E-state index in [0.717, 1.165) is 22.4 Å². The SMILES string of the molecule is COc1c(C)cc(CCNC(=O)CC(=O)O)cc1C. The first-order valence-corrected chi connectivity index (χ1v) is 6.06. The standard InChI is InChI=1S/C14H19NO4/c1-9-6-11(7-10(2)14(9)19-3)4-5-15-12(16)8-13(17)18/h6-7H,4-5,8H2,1-3H3,(H,15,16)(H,17,18). The minimum absolute atomic E-state index is 0.428. The van der Waals surface area contributed by atoms with Gasteiger partial charge in [0.1, 0.15) is 12.2 Å². The number of aryl methyl sites for hydroxylation is 2. The first-order chi connectivity index (χ1) is 8.93. The summed E-state index contributed by atoms with van der Waals surface area (Å²) in [5.74, 6) is -0.707. The van der Waals surface area contributed by atoms with Crippen LogP contribution in [0.25, 0.3) is 0 Å². The fraction of sp³-hybridized carbons (Fsp3) is 0.429. The average molecular weight is 265 g/mol. The zero-order valence-corrected chi connectivity index (χ0v) is 11.4. The summed E-state index contributed by atoms with van der Waals surface area (Å²) in [6.45, 7) is 4.37. The summed E-state index contributed by atoms with van der Waals surface area (Å²) in [6, 6.07) is 4.02. The lowest BCUT2D eigenvalue weighted by Crippen LogP contribution is -2.27. The molecule has 19 heavy (non-hydrogen) atoms. The van der Waals surface area contributed by atoms with Crippen molar-refractivity contribution in [3.05, 3.63) is 28.8 Å². The molecule has 0 saturated carbocycles. The molecule has 0 spiro atoms. The molecule has 5 nitrogen and oxygen atoms in total. The van der Waals surface area contributed by atoms with Gasteiger partial charge in [-0.15, -0.1) is 0 Å². The van der Waals surface area contributed by atoms with E-state index in [0.29, 0.717) is 13.0 Å². The topological polar surface area (TPSA) is 75.6 Å². The zero-order chi connectivity index (χ0) is 14.4. The molecule has 5 heteroatoms. The summed E-state index contributed by atoms with van der Waals surface area (Å²) < 4.78 is 5.28. The molecule has 0 saturated heterocycles. The Morgan fingerprint density at radius 3 is 2.32 bits per heavy atom. The second-order valence-corrected chi connectivity index (χ2v) is 4.43. The molecule has 1 amide bonds. The minimum Gasteiger partial charge on any atom is -0.496 e. The highest BCUT2D eigenvalue weighted by molar-refractivity contribution is 5.93. The highest BCUT2D eigenvalue weighted by Crippen LogP contribution is 2.24. The number of hydrogen-bond donors (Lipinski definition) is 2. The minimum atomic E-state index is -1.12. The summed E-state index contributed by atoms with van der Waals surface area (Å²) in [6.07, 6.45) is 0.178. The quantitative estimate of drug-likeness (QED) is 0.763. The molecule has 104 valence electrons. The van der Waals surface area contributed by atoms with Gasteiger partial charge in [-0.1, -0.05) is 12.1 Å². The van der Waals surface area contributed by atoms with Gasteiger partial charge in [0.2, 0.25) is 5.91 Å². The number of carboxylic acids is 1. The molecule has 0 aliphatic carbocycles. The molecule has 0 aromatic heterocycles. The number of hydrogen-bond acceptors (Lipinski definition) is 3. The van der Waals surface area contributed by atoms with Crippen LogP contribution in [0.4, 0.5) is 0 Å². The number of aliphatic carboxylic acids is 1. The third kappa shape index (κ3) is 4.62. The largest absolute Gasteiger partial charge is 0.496 e. The van der Waals surface area contributed by atoms with E-state index in [9.17, 15) is 9.59 Å². The Kier molecular flexibility index (Phi) is 5.36. The van der Waals surface area contributed by atoms with E-state index in [2.05, 4.69) is 5.32 Å². The molecule has 0 aliphatic heterocycles.